The summed E-state index contributed by atoms with van der Waals surface area (Å²) in [6.07, 6.45) is 2.81. The summed E-state index contributed by atoms with van der Waals surface area (Å²) in [6.45, 7) is 0. The van der Waals surface area contributed by atoms with E-state index >= 15 is 0 Å². The van der Waals surface area contributed by atoms with Gasteiger partial charge >= 0.3 is 0 Å². The predicted molar refractivity (Wildman–Crippen MR) is 89.2 cm³/mol. The molecule has 0 fully saturated rings. The average molecular weight is 287 g/mol. The van der Waals surface area contributed by atoms with Gasteiger partial charge in [-0.3, -0.25) is 4.98 Å². The molecule has 0 aliphatic carbocycles. The van der Waals surface area contributed by atoms with Crippen LogP contribution < -0.4 is 0 Å². The summed E-state index contributed by atoms with van der Waals surface area (Å²) in [5.41, 5.74) is 3.79. The van der Waals surface area contributed by atoms with Crippen LogP contribution in [0.25, 0.3) is 5.57 Å². The molecule has 0 radical (unpaired) electrons. The van der Waals surface area contributed by atoms with Crippen LogP contribution in [0.15, 0.2) is 91.1 Å². The van der Waals surface area contributed by atoms with E-state index in [9.17, 15) is 5.11 Å². The maximum atomic E-state index is 10.5. The Hall–Kier alpha value is -2.71. The second-order valence-corrected chi connectivity index (χ2v) is 5.01. The number of nitrogens with zero attached hydrogens (tertiary/aromatic N) is 1. The second-order valence-electron chi connectivity index (χ2n) is 5.01. The van der Waals surface area contributed by atoms with E-state index in [4.69, 9.17) is 0 Å². The highest BCUT2D eigenvalue weighted by Gasteiger charge is 2.10. The molecule has 0 aliphatic heterocycles. The lowest BCUT2D eigenvalue weighted by molar-refractivity contribution is 0.224. The SMILES string of the molecule is OC(C=C(c1ccccc1)c1ccccc1)c1ccccn1. The summed E-state index contributed by atoms with van der Waals surface area (Å²) in [4.78, 5) is 4.22. The van der Waals surface area contributed by atoms with Crippen LogP contribution in [0.3, 0.4) is 0 Å². The maximum absolute atomic E-state index is 10.5. The van der Waals surface area contributed by atoms with Gasteiger partial charge in [-0.05, 0) is 34.9 Å². The molecule has 2 nitrogen and oxygen atoms in total. The van der Waals surface area contributed by atoms with Crippen molar-refractivity contribution < 1.29 is 5.11 Å². The van der Waals surface area contributed by atoms with E-state index in [1.54, 1.807) is 6.20 Å². The summed E-state index contributed by atoms with van der Waals surface area (Å²) >= 11 is 0. The molecule has 0 saturated heterocycles. The Balaban J connectivity index is 2.04. The number of hydrogen-bond donors (Lipinski definition) is 1. The molecule has 1 atom stereocenters. The third-order valence-corrected chi connectivity index (χ3v) is 3.48. The molecule has 0 saturated carbocycles. The van der Waals surface area contributed by atoms with Gasteiger partial charge in [0.1, 0.15) is 6.10 Å². The van der Waals surface area contributed by atoms with Crippen LogP contribution in [0, 0.1) is 0 Å². The van der Waals surface area contributed by atoms with Gasteiger partial charge < -0.3 is 5.11 Å². The van der Waals surface area contributed by atoms with Gasteiger partial charge in [0.25, 0.3) is 0 Å². The second kappa shape index (κ2) is 6.83. The lowest BCUT2D eigenvalue weighted by Gasteiger charge is -2.12. The van der Waals surface area contributed by atoms with Crippen molar-refractivity contribution in [1.29, 1.82) is 0 Å². The fraction of sp³-hybridized carbons (Fsp3) is 0.0500. The van der Waals surface area contributed by atoms with Crippen molar-refractivity contribution in [1.82, 2.24) is 4.98 Å². The monoisotopic (exact) mass is 287 g/mol. The first-order valence-electron chi connectivity index (χ1n) is 7.26. The lowest BCUT2D eigenvalue weighted by Crippen LogP contribution is -1.98. The van der Waals surface area contributed by atoms with E-state index in [1.165, 1.54) is 0 Å². The van der Waals surface area contributed by atoms with Gasteiger partial charge in [0.2, 0.25) is 0 Å². The van der Waals surface area contributed by atoms with Crippen LogP contribution in [-0.2, 0) is 0 Å². The van der Waals surface area contributed by atoms with E-state index in [-0.39, 0.29) is 0 Å². The van der Waals surface area contributed by atoms with Crippen LogP contribution in [0.2, 0.25) is 0 Å². The largest absolute Gasteiger partial charge is 0.383 e. The fourth-order valence-corrected chi connectivity index (χ4v) is 2.39. The van der Waals surface area contributed by atoms with E-state index in [0.29, 0.717) is 5.69 Å². The van der Waals surface area contributed by atoms with Crippen molar-refractivity contribution in [3.63, 3.8) is 0 Å². The molecule has 1 unspecified atom stereocenters. The minimum absolute atomic E-state index is 0.645. The number of aromatic nitrogens is 1. The Morgan fingerprint density at radius 2 is 1.32 bits per heavy atom. The summed E-state index contributed by atoms with van der Waals surface area (Å²) in [5, 5.41) is 10.5. The summed E-state index contributed by atoms with van der Waals surface area (Å²) in [5.74, 6) is 0. The highest BCUT2D eigenvalue weighted by molar-refractivity contribution is 5.80. The summed E-state index contributed by atoms with van der Waals surface area (Å²) in [7, 11) is 0. The van der Waals surface area contributed by atoms with Crippen LogP contribution in [-0.4, -0.2) is 10.1 Å². The van der Waals surface area contributed by atoms with Crippen molar-refractivity contribution in [3.05, 3.63) is 108 Å². The smallest absolute Gasteiger partial charge is 0.115 e. The topological polar surface area (TPSA) is 33.1 Å². The van der Waals surface area contributed by atoms with E-state index in [1.807, 2.05) is 84.9 Å². The molecule has 2 heteroatoms. The Labute approximate surface area is 130 Å². The molecule has 0 spiro atoms. The van der Waals surface area contributed by atoms with Gasteiger partial charge in [0.15, 0.2) is 0 Å². The first-order chi connectivity index (χ1) is 10.8. The molecule has 3 aromatic rings. The first-order valence-corrected chi connectivity index (χ1v) is 7.26. The number of aliphatic hydroxyl groups is 1. The van der Waals surface area contributed by atoms with Gasteiger partial charge in [0, 0.05) is 6.20 Å². The van der Waals surface area contributed by atoms with E-state index < -0.39 is 6.10 Å². The van der Waals surface area contributed by atoms with Crippen LogP contribution in [0.4, 0.5) is 0 Å². The predicted octanol–water partition coefficient (Wildman–Crippen LogP) is 4.25. The number of rotatable bonds is 4. The number of hydrogen-bond acceptors (Lipinski definition) is 2. The minimum Gasteiger partial charge on any atom is -0.383 e. The Bertz CT molecular complexity index is 695. The zero-order valence-corrected chi connectivity index (χ0v) is 12.1. The van der Waals surface area contributed by atoms with Crippen LogP contribution in [0.5, 0.6) is 0 Å². The summed E-state index contributed by atoms with van der Waals surface area (Å²) < 4.78 is 0. The van der Waals surface area contributed by atoms with Crippen LogP contribution in [0.1, 0.15) is 22.9 Å². The number of benzene rings is 2. The van der Waals surface area contributed by atoms with Gasteiger partial charge in [-0.1, -0.05) is 66.7 Å². The Morgan fingerprint density at radius 3 is 1.82 bits per heavy atom. The van der Waals surface area contributed by atoms with Gasteiger partial charge in [-0.2, -0.15) is 0 Å². The van der Waals surface area contributed by atoms with E-state index in [0.717, 1.165) is 16.7 Å². The van der Waals surface area contributed by atoms with Gasteiger partial charge in [-0.15, -0.1) is 0 Å². The van der Waals surface area contributed by atoms with Crippen molar-refractivity contribution >= 4 is 5.57 Å². The molecule has 0 bridgehead atoms. The Morgan fingerprint density at radius 1 is 0.773 bits per heavy atom. The highest BCUT2D eigenvalue weighted by atomic mass is 16.3. The number of pyridine rings is 1. The Kier molecular flexibility index (Phi) is 4.42. The fourth-order valence-electron chi connectivity index (χ4n) is 2.39. The van der Waals surface area contributed by atoms with Gasteiger partial charge in [0.05, 0.1) is 5.69 Å². The molecule has 0 amide bonds. The molecule has 22 heavy (non-hydrogen) atoms. The first kappa shape index (κ1) is 14.2. The zero-order chi connectivity index (χ0) is 15.2. The molecular weight excluding hydrogens is 270 g/mol. The molecule has 1 aromatic heterocycles. The van der Waals surface area contributed by atoms with Crippen molar-refractivity contribution in [2.24, 2.45) is 0 Å². The third-order valence-electron chi connectivity index (χ3n) is 3.48. The maximum Gasteiger partial charge on any atom is 0.115 e. The highest BCUT2D eigenvalue weighted by Crippen LogP contribution is 2.26. The van der Waals surface area contributed by atoms with Crippen molar-refractivity contribution in [2.75, 3.05) is 0 Å². The van der Waals surface area contributed by atoms with Gasteiger partial charge in [-0.25, -0.2) is 0 Å². The number of aliphatic hydroxyl groups excluding tert-OH is 1. The minimum atomic E-state index is -0.739. The molecule has 2 aromatic carbocycles. The summed E-state index contributed by atoms with van der Waals surface area (Å²) in [6, 6.07) is 25.7. The van der Waals surface area contributed by atoms with Crippen LogP contribution >= 0.6 is 0 Å². The third kappa shape index (κ3) is 3.30. The van der Waals surface area contributed by atoms with Crippen molar-refractivity contribution in [2.45, 2.75) is 6.10 Å². The molecule has 3 rings (SSSR count). The molecule has 1 N–H and O–H groups in total. The normalized spacial score (nSPS) is 11.7. The average Bonchev–Trinajstić information content (AvgIpc) is 2.62. The zero-order valence-electron chi connectivity index (χ0n) is 12.1. The molecular formula is C20H17NO. The molecule has 0 aliphatic rings. The standard InChI is InChI=1S/C20H17NO/c22-20(19-13-7-8-14-21-19)15-18(16-9-3-1-4-10-16)17-11-5-2-6-12-17/h1-15,20,22H. The molecule has 1 heterocycles. The lowest BCUT2D eigenvalue weighted by atomic mass is 9.96. The van der Waals surface area contributed by atoms with Crippen molar-refractivity contribution in [3.8, 4) is 0 Å². The van der Waals surface area contributed by atoms with E-state index in [2.05, 4.69) is 4.98 Å². The quantitative estimate of drug-likeness (QED) is 0.778. The molecule has 108 valence electrons.